The number of rotatable bonds is 5. The number of carboxylic acid groups (broad SMARTS) is 2. The van der Waals surface area contributed by atoms with Gasteiger partial charge in [-0.2, -0.15) is 0 Å². The van der Waals surface area contributed by atoms with E-state index in [9.17, 15) is 24.8 Å². The van der Waals surface area contributed by atoms with Gasteiger partial charge >= 0.3 is 17.6 Å². The van der Waals surface area contributed by atoms with Crippen LogP contribution in [0.25, 0.3) is 0 Å². The molecule has 0 bridgehead atoms. The Labute approximate surface area is 128 Å². The second kappa shape index (κ2) is 6.02. The van der Waals surface area contributed by atoms with E-state index in [-0.39, 0.29) is 11.5 Å². The van der Waals surface area contributed by atoms with Crippen molar-refractivity contribution in [2.75, 3.05) is 0 Å². The minimum absolute atomic E-state index is 0.0851. The molecular weight excluding hydrogens is 310 g/mol. The molecule has 2 rings (SSSR count). The molecule has 23 heavy (non-hydrogen) atoms. The number of phenols is 1. The molecule has 9 nitrogen and oxygen atoms in total. The highest BCUT2D eigenvalue weighted by atomic mass is 16.6. The molecule has 0 radical (unpaired) electrons. The van der Waals surface area contributed by atoms with E-state index in [1.165, 1.54) is 12.1 Å². The summed E-state index contributed by atoms with van der Waals surface area (Å²) in [5, 5.41) is 38.3. The fourth-order valence-corrected chi connectivity index (χ4v) is 1.86. The Hall–Kier alpha value is -3.62. The lowest BCUT2D eigenvalue weighted by atomic mass is 10.1. The Kier molecular flexibility index (Phi) is 4.12. The van der Waals surface area contributed by atoms with Crippen molar-refractivity contribution in [1.82, 2.24) is 0 Å². The molecule has 0 aliphatic heterocycles. The first-order chi connectivity index (χ1) is 10.8. The number of carbonyl (C=O) groups is 2. The Morgan fingerprint density at radius 1 is 1.09 bits per heavy atom. The molecule has 0 aromatic heterocycles. The van der Waals surface area contributed by atoms with Crippen molar-refractivity contribution in [3.63, 3.8) is 0 Å². The summed E-state index contributed by atoms with van der Waals surface area (Å²) < 4.78 is 5.25. The van der Waals surface area contributed by atoms with Gasteiger partial charge in [-0.15, -0.1) is 0 Å². The molecule has 9 heteroatoms. The highest BCUT2D eigenvalue weighted by Gasteiger charge is 2.22. The SMILES string of the molecule is O=C(O)c1cccc(Oc2ccc([N+](=O)[O-])c(O)c2)c1C(=O)O. The molecule has 0 fully saturated rings. The van der Waals surface area contributed by atoms with E-state index in [0.29, 0.717) is 0 Å². The predicted octanol–water partition coefficient (Wildman–Crippen LogP) is 2.49. The Balaban J connectivity index is 2.46. The van der Waals surface area contributed by atoms with Gasteiger partial charge in [-0.1, -0.05) is 6.07 Å². The summed E-state index contributed by atoms with van der Waals surface area (Å²) in [4.78, 5) is 32.2. The topological polar surface area (TPSA) is 147 Å². The normalized spacial score (nSPS) is 10.1. The van der Waals surface area contributed by atoms with Crippen LogP contribution < -0.4 is 4.74 Å². The standard InChI is InChI=1S/C14H9NO8/c16-10-6-7(4-5-9(10)15(21)22)23-11-3-1-2-8(13(17)18)12(11)14(19)20/h1-6,16H,(H,17,18)(H,19,20). The maximum atomic E-state index is 11.3. The van der Waals surface area contributed by atoms with Crippen molar-refractivity contribution in [2.45, 2.75) is 0 Å². The van der Waals surface area contributed by atoms with Gasteiger partial charge in [0.05, 0.1) is 10.5 Å². The highest BCUT2D eigenvalue weighted by Crippen LogP contribution is 2.34. The average Bonchev–Trinajstić information content (AvgIpc) is 2.46. The average molecular weight is 319 g/mol. The van der Waals surface area contributed by atoms with E-state index >= 15 is 0 Å². The van der Waals surface area contributed by atoms with Gasteiger partial charge in [0.15, 0.2) is 5.75 Å². The van der Waals surface area contributed by atoms with Crippen molar-refractivity contribution >= 4 is 17.6 Å². The third-order valence-electron chi connectivity index (χ3n) is 2.84. The zero-order valence-electron chi connectivity index (χ0n) is 11.3. The molecule has 0 amide bonds. The number of aromatic hydroxyl groups is 1. The van der Waals surface area contributed by atoms with Gasteiger partial charge in [0.1, 0.15) is 17.1 Å². The van der Waals surface area contributed by atoms with Crippen molar-refractivity contribution < 1.29 is 34.6 Å². The minimum Gasteiger partial charge on any atom is -0.502 e. The van der Waals surface area contributed by atoms with E-state index in [1.807, 2.05) is 0 Å². The maximum absolute atomic E-state index is 11.3. The largest absolute Gasteiger partial charge is 0.502 e. The third kappa shape index (κ3) is 3.18. The van der Waals surface area contributed by atoms with Gasteiger partial charge in [-0.05, 0) is 18.2 Å². The monoisotopic (exact) mass is 319 g/mol. The molecule has 0 heterocycles. The minimum atomic E-state index is -1.51. The Bertz CT molecular complexity index is 814. The van der Waals surface area contributed by atoms with Crippen molar-refractivity contribution in [2.24, 2.45) is 0 Å². The first kappa shape index (κ1) is 15.8. The molecule has 2 aromatic carbocycles. The zero-order chi connectivity index (χ0) is 17.1. The van der Waals surface area contributed by atoms with E-state index in [0.717, 1.165) is 24.3 Å². The second-order valence-corrected chi connectivity index (χ2v) is 4.30. The van der Waals surface area contributed by atoms with E-state index < -0.39 is 39.4 Å². The molecule has 118 valence electrons. The number of benzene rings is 2. The van der Waals surface area contributed by atoms with Crippen molar-refractivity contribution in [3.8, 4) is 17.2 Å². The fraction of sp³-hybridized carbons (Fsp3) is 0. The number of ether oxygens (including phenoxy) is 1. The van der Waals surface area contributed by atoms with Crippen molar-refractivity contribution in [1.29, 1.82) is 0 Å². The summed E-state index contributed by atoms with van der Waals surface area (Å²) in [5.41, 5.74) is -1.59. The van der Waals surface area contributed by atoms with E-state index in [1.54, 1.807) is 0 Å². The lowest BCUT2D eigenvalue weighted by molar-refractivity contribution is -0.385. The third-order valence-corrected chi connectivity index (χ3v) is 2.84. The molecule has 0 unspecified atom stereocenters. The van der Waals surface area contributed by atoms with Crippen LogP contribution in [0, 0.1) is 10.1 Å². The number of nitro benzene ring substituents is 1. The van der Waals surface area contributed by atoms with Gasteiger partial charge in [0.25, 0.3) is 0 Å². The molecule has 0 aliphatic carbocycles. The van der Waals surface area contributed by atoms with Gasteiger partial charge in [0, 0.05) is 12.1 Å². The van der Waals surface area contributed by atoms with Crippen LogP contribution in [0.4, 0.5) is 5.69 Å². The first-order valence-electron chi connectivity index (χ1n) is 6.06. The molecule has 0 aliphatic rings. The summed E-state index contributed by atoms with van der Waals surface area (Å²) >= 11 is 0. The van der Waals surface area contributed by atoms with E-state index in [4.69, 9.17) is 14.9 Å². The summed E-state index contributed by atoms with van der Waals surface area (Å²) in [6, 6.07) is 6.68. The van der Waals surface area contributed by atoms with Crippen LogP contribution in [-0.4, -0.2) is 32.2 Å². The van der Waals surface area contributed by atoms with Gasteiger partial charge < -0.3 is 20.1 Å². The molecule has 0 atom stereocenters. The number of carboxylic acids is 2. The maximum Gasteiger partial charge on any atom is 0.340 e. The zero-order valence-corrected chi connectivity index (χ0v) is 11.3. The molecule has 3 N–H and O–H groups in total. The molecule has 0 saturated heterocycles. The van der Waals surface area contributed by atoms with Crippen molar-refractivity contribution in [3.05, 3.63) is 57.6 Å². The van der Waals surface area contributed by atoms with Crippen LogP contribution in [-0.2, 0) is 0 Å². The quantitative estimate of drug-likeness (QED) is 0.562. The summed E-state index contributed by atoms with van der Waals surface area (Å²) in [7, 11) is 0. The molecular formula is C14H9NO8. The number of hydrogen-bond acceptors (Lipinski definition) is 6. The first-order valence-corrected chi connectivity index (χ1v) is 6.06. The van der Waals surface area contributed by atoms with Crippen LogP contribution in [0.15, 0.2) is 36.4 Å². The Morgan fingerprint density at radius 2 is 1.78 bits per heavy atom. The number of hydrogen-bond donors (Lipinski definition) is 3. The number of aromatic carboxylic acids is 2. The highest BCUT2D eigenvalue weighted by molar-refractivity contribution is 6.03. The fourth-order valence-electron chi connectivity index (χ4n) is 1.86. The smallest absolute Gasteiger partial charge is 0.340 e. The van der Waals surface area contributed by atoms with Gasteiger partial charge in [0.2, 0.25) is 0 Å². The molecule has 0 saturated carbocycles. The van der Waals surface area contributed by atoms with Gasteiger partial charge in [-0.25, -0.2) is 9.59 Å². The van der Waals surface area contributed by atoms with E-state index in [2.05, 4.69) is 0 Å². The summed E-state index contributed by atoms with van der Waals surface area (Å²) in [6.45, 7) is 0. The van der Waals surface area contributed by atoms with Crippen LogP contribution in [0.1, 0.15) is 20.7 Å². The molecule has 2 aromatic rings. The second-order valence-electron chi connectivity index (χ2n) is 4.30. The lowest BCUT2D eigenvalue weighted by Crippen LogP contribution is -2.09. The number of phenolic OH excluding ortho intramolecular Hbond substituents is 1. The summed E-state index contributed by atoms with van der Waals surface area (Å²) in [5.74, 6) is -3.98. The van der Waals surface area contributed by atoms with Crippen LogP contribution in [0.3, 0.4) is 0 Å². The lowest BCUT2D eigenvalue weighted by Gasteiger charge is -2.11. The van der Waals surface area contributed by atoms with Crippen LogP contribution >= 0.6 is 0 Å². The Morgan fingerprint density at radius 3 is 2.30 bits per heavy atom. The van der Waals surface area contributed by atoms with Gasteiger partial charge in [-0.3, -0.25) is 10.1 Å². The van der Waals surface area contributed by atoms with Crippen LogP contribution in [0.2, 0.25) is 0 Å². The van der Waals surface area contributed by atoms with Crippen LogP contribution in [0.5, 0.6) is 17.2 Å². The molecule has 0 spiro atoms. The number of nitro groups is 1. The summed E-state index contributed by atoms with van der Waals surface area (Å²) in [6.07, 6.45) is 0. The number of nitrogens with zero attached hydrogens (tertiary/aromatic N) is 1. The predicted molar refractivity (Wildman–Crippen MR) is 75.2 cm³/mol.